The number of nitrogens with two attached hydrogens (primary N) is 1. The number of methoxy groups -OCH3 is 1. The number of carbonyl (C=O) groups excluding carboxylic acids is 2. The van der Waals surface area contributed by atoms with Gasteiger partial charge >= 0.3 is 11.8 Å². The third-order valence-corrected chi connectivity index (χ3v) is 8.75. The van der Waals surface area contributed by atoms with Crippen LogP contribution in [0.25, 0.3) is 10.9 Å². The van der Waals surface area contributed by atoms with E-state index in [0.29, 0.717) is 41.3 Å². The summed E-state index contributed by atoms with van der Waals surface area (Å²) in [7, 11) is 3.74. The molecule has 2 heterocycles. The molecule has 2 N–H and O–H groups in total. The number of rotatable bonds is 10. The van der Waals surface area contributed by atoms with Gasteiger partial charge in [-0.1, -0.05) is 30.3 Å². The van der Waals surface area contributed by atoms with Crippen molar-refractivity contribution in [3.05, 3.63) is 78.4 Å². The molecule has 1 saturated heterocycles. The highest BCUT2D eigenvalue weighted by molar-refractivity contribution is 6.39. The molecule has 2 fully saturated rings. The van der Waals surface area contributed by atoms with Crippen LogP contribution in [0.3, 0.4) is 0 Å². The van der Waals surface area contributed by atoms with Crippen molar-refractivity contribution in [2.45, 2.75) is 19.3 Å². The van der Waals surface area contributed by atoms with Crippen LogP contribution in [0.4, 0.5) is 10.1 Å². The molecule has 11 heteroatoms. The van der Waals surface area contributed by atoms with Crippen molar-refractivity contribution in [3.63, 3.8) is 0 Å². The lowest BCUT2D eigenvalue weighted by molar-refractivity contribution is -0.135. The Hall–Kier alpha value is -4.77. The fraction of sp³-hybridized carbons (Fsp3) is 0.353. The van der Waals surface area contributed by atoms with Crippen molar-refractivity contribution in [1.29, 1.82) is 0 Å². The smallest absolute Gasteiger partial charge is 0.316 e. The summed E-state index contributed by atoms with van der Waals surface area (Å²) in [5, 5.41) is 0.511. The van der Waals surface area contributed by atoms with Gasteiger partial charge in [0.25, 0.3) is 0 Å². The zero-order valence-corrected chi connectivity index (χ0v) is 25.3. The molecule has 0 bridgehead atoms. The van der Waals surface area contributed by atoms with Gasteiger partial charge in [-0.3, -0.25) is 9.59 Å². The van der Waals surface area contributed by atoms with Crippen molar-refractivity contribution in [3.8, 4) is 23.1 Å². The predicted octanol–water partition coefficient (Wildman–Crippen LogP) is 4.60. The average Bonchev–Trinajstić information content (AvgIpc) is 3.58. The Balaban J connectivity index is 1.19. The number of amides is 2. The van der Waals surface area contributed by atoms with E-state index in [1.165, 1.54) is 18.5 Å². The van der Waals surface area contributed by atoms with Crippen molar-refractivity contribution < 1.29 is 28.2 Å². The number of fused-ring (bicyclic) bond motifs is 2. The molecule has 1 aliphatic carbocycles. The van der Waals surface area contributed by atoms with Crippen molar-refractivity contribution >= 4 is 28.4 Å². The maximum Gasteiger partial charge on any atom is 0.316 e. The largest absolute Gasteiger partial charge is 0.493 e. The Morgan fingerprint density at radius 1 is 1.00 bits per heavy atom. The van der Waals surface area contributed by atoms with Gasteiger partial charge in [0.05, 0.1) is 24.6 Å². The molecule has 1 aromatic heterocycles. The Morgan fingerprint density at radius 2 is 1.76 bits per heavy atom. The third-order valence-electron chi connectivity index (χ3n) is 8.75. The lowest BCUT2D eigenvalue weighted by Crippen LogP contribution is -2.41. The summed E-state index contributed by atoms with van der Waals surface area (Å²) in [5.74, 6) is 0.237. The molecule has 2 atom stereocenters. The van der Waals surface area contributed by atoms with Crippen LogP contribution in [-0.4, -0.2) is 67.1 Å². The van der Waals surface area contributed by atoms with Crippen LogP contribution < -0.4 is 24.8 Å². The second-order valence-electron chi connectivity index (χ2n) is 11.9. The van der Waals surface area contributed by atoms with Crippen molar-refractivity contribution in [2.75, 3.05) is 45.3 Å². The molecule has 0 radical (unpaired) electrons. The van der Waals surface area contributed by atoms with Crippen LogP contribution in [0.2, 0.25) is 0 Å². The predicted molar refractivity (Wildman–Crippen MR) is 167 cm³/mol. The number of ether oxygens (including phenoxy) is 3. The van der Waals surface area contributed by atoms with Gasteiger partial charge in [-0.25, -0.2) is 14.4 Å². The molecule has 1 saturated carbocycles. The standard InChI is InChI=1S/C34H36FN5O5/c1-39-17-23-12-22(13-24(23)18-39)19-44-31-16-28-26(15-30(31)43-2)33(38-20-37-28)45-29-9-8-25(14-27(29)35)40(34(42)32(36)41)11-10-21-6-4-3-5-7-21/h3-9,14-16,20,22-24H,10-13,17-19H2,1-2H3,(H2,36,41). The van der Waals surface area contributed by atoms with E-state index in [1.54, 1.807) is 19.2 Å². The lowest BCUT2D eigenvalue weighted by atomic mass is 10.0. The number of hydrogen-bond acceptors (Lipinski definition) is 8. The van der Waals surface area contributed by atoms with Crippen molar-refractivity contribution in [1.82, 2.24) is 14.9 Å². The second-order valence-corrected chi connectivity index (χ2v) is 11.9. The van der Waals surface area contributed by atoms with E-state index in [0.717, 1.165) is 54.3 Å². The Kier molecular flexibility index (Phi) is 8.79. The van der Waals surface area contributed by atoms with E-state index in [-0.39, 0.29) is 23.9 Å². The number of nitrogens with zero attached hydrogens (tertiary/aromatic N) is 4. The maximum absolute atomic E-state index is 15.4. The van der Waals surface area contributed by atoms with Crippen LogP contribution >= 0.6 is 0 Å². The van der Waals surface area contributed by atoms with E-state index in [1.807, 2.05) is 30.3 Å². The van der Waals surface area contributed by atoms with E-state index in [4.69, 9.17) is 19.9 Å². The lowest BCUT2D eigenvalue weighted by Gasteiger charge is -2.22. The summed E-state index contributed by atoms with van der Waals surface area (Å²) in [5.41, 5.74) is 6.97. The van der Waals surface area contributed by atoms with E-state index < -0.39 is 17.6 Å². The van der Waals surface area contributed by atoms with Gasteiger partial charge in [-0.2, -0.15) is 0 Å². The molecule has 0 spiro atoms. The Labute approximate surface area is 260 Å². The summed E-state index contributed by atoms with van der Waals surface area (Å²) in [6, 6.07) is 17.0. The summed E-state index contributed by atoms with van der Waals surface area (Å²) in [6.45, 7) is 3.04. The van der Waals surface area contributed by atoms with E-state index >= 15 is 4.39 Å². The summed E-state index contributed by atoms with van der Waals surface area (Å²) in [4.78, 5) is 36.6. The third kappa shape index (κ3) is 6.68. The van der Waals surface area contributed by atoms with Crippen LogP contribution in [0, 0.1) is 23.6 Å². The van der Waals surface area contributed by atoms with Crippen molar-refractivity contribution in [2.24, 2.45) is 23.5 Å². The number of anilines is 1. The highest BCUT2D eigenvalue weighted by atomic mass is 19.1. The molecule has 234 valence electrons. The molecule has 2 amide bonds. The minimum absolute atomic E-state index is 0.120. The summed E-state index contributed by atoms with van der Waals surface area (Å²) in [6.07, 6.45) is 4.11. The molecule has 2 unspecified atom stereocenters. The molecule has 10 nitrogen and oxygen atoms in total. The average molecular weight is 614 g/mol. The molecule has 4 aromatic rings. The second kappa shape index (κ2) is 13.1. The van der Waals surface area contributed by atoms with Gasteiger partial charge < -0.3 is 29.7 Å². The first-order valence-electron chi connectivity index (χ1n) is 15.1. The van der Waals surface area contributed by atoms with Crippen LogP contribution in [0.5, 0.6) is 23.1 Å². The van der Waals surface area contributed by atoms with Gasteiger partial charge in [0.1, 0.15) is 6.33 Å². The minimum atomic E-state index is -1.13. The zero-order chi connectivity index (χ0) is 31.5. The number of likely N-dealkylation sites (tertiary alicyclic amines) is 1. The Morgan fingerprint density at radius 3 is 2.44 bits per heavy atom. The topological polar surface area (TPSA) is 120 Å². The minimum Gasteiger partial charge on any atom is -0.493 e. The Bertz CT molecular complexity index is 1690. The molecule has 2 aliphatic rings. The summed E-state index contributed by atoms with van der Waals surface area (Å²) < 4.78 is 33.2. The zero-order valence-electron chi connectivity index (χ0n) is 25.3. The van der Waals surface area contributed by atoms with Gasteiger partial charge in [0.15, 0.2) is 23.1 Å². The fourth-order valence-corrected chi connectivity index (χ4v) is 6.61. The monoisotopic (exact) mass is 613 g/mol. The normalized spacial score (nSPS) is 19.3. The fourth-order valence-electron chi connectivity index (χ4n) is 6.61. The number of benzene rings is 3. The first-order chi connectivity index (χ1) is 21.8. The highest BCUT2D eigenvalue weighted by Crippen LogP contribution is 2.42. The molecular formula is C34H36FN5O5. The first-order valence-corrected chi connectivity index (χ1v) is 15.1. The SMILES string of the molecule is COc1cc2c(Oc3ccc(N(CCc4ccccc4)C(=O)C(N)=O)cc3F)ncnc2cc1OCC1CC2CN(C)CC2C1. The number of primary amides is 1. The molecule has 6 rings (SSSR count). The van der Waals surface area contributed by atoms with Gasteiger partial charge in [-0.15, -0.1) is 0 Å². The molecule has 45 heavy (non-hydrogen) atoms. The van der Waals surface area contributed by atoms with Crippen LogP contribution in [0.15, 0.2) is 67.0 Å². The number of aromatic nitrogens is 2. The van der Waals surface area contributed by atoms with Gasteiger partial charge in [-0.05, 0) is 67.8 Å². The molecule has 3 aromatic carbocycles. The van der Waals surface area contributed by atoms with E-state index in [2.05, 4.69) is 21.9 Å². The number of halogens is 1. The van der Waals surface area contributed by atoms with Crippen LogP contribution in [0.1, 0.15) is 18.4 Å². The van der Waals surface area contributed by atoms with E-state index in [9.17, 15) is 9.59 Å². The number of hydrogen-bond donors (Lipinski definition) is 1. The molecule has 1 aliphatic heterocycles. The summed E-state index contributed by atoms with van der Waals surface area (Å²) >= 11 is 0. The number of carbonyl (C=O) groups is 2. The quantitative estimate of drug-likeness (QED) is 0.258. The van der Waals surface area contributed by atoms with Gasteiger partial charge in [0, 0.05) is 37.5 Å². The van der Waals surface area contributed by atoms with Gasteiger partial charge in [0.2, 0.25) is 5.88 Å². The highest BCUT2D eigenvalue weighted by Gasteiger charge is 2.39. The van der Waals surface area contributed by atoms with Crippen LogP contribution in [-0.2, 0) is 16.0 Å². The first kappa shape index (κ1) is 30.3. The molecular weight excluding hydrogens is 577 g/mol. The maximum atomic E-state index is 15.4.